The Morgan fingerprint density at radius 1 is 1.29 bits per heavy atom. The molecular weight excluding hydrogens is 242 g/mol. The van der Waals surface area contributed by atoms with Crippen molar-refractivity contribution in [3.63, 3.8) is 0 Å². The van der Waals surface area contributed by atoms with E-state index in [1.54, 1.807) is 19.1 Å². The van der Waals surface area contributed by atoms with E-state index in [0.29, 0.717) is 0 Å². The Labute approximate surface area is 100 Å². The van der Waals surface area contributed by atoms with Crippen LogP contribution in [0.1, 0.15) is 18.5 Å². The van der Waals surface area contributed by atoms with Crippen molar-refractivity contribution in [1.82, 2.24) is 10.6 Å². The van der Waals surface area contributed by atoms with Gasteiger partial charge < -0.3 is 10.6 Å². The summed E-state index contributed by atoms with van der Waals surface area (Å²) in [7, 11) is -2.15. The van der Waals surface area contributed by atoms with Gasteiger partial charge in [-0.2, -0.15) is 0 Å². The normalized spacial score (nSPS) is 12.9. The van der Waals surface area contributed by atoms with Gasteiger partial charge in [-0.25, -0.2) is 18.4 Å². The van der Waals surface area contributed by atoms with Gasteiger partial charge >= 0.3 is 6.03 Å². The number of hydrogen-bond donors (Lipinski definition) is 3. The molecule has 0 radical (unpaired) electrons. The Hall–Kier alpha value is -1.60. The maximum absolute atomic E-state index is 11.1. The van der Waals surface area contributed by atoms with Crippen LogP contribution in [0.2, 0.25) is 0 Å². The Kier molecular flexibility index (Phi) is 4.08. The zero-order chi connectivity index (χ0) is 13.1. The van der Waals surface area contributed by atoms with E-state index in [4.69, 9.17) is 5.14 Å². The topological polar surface area (TPSA) is 101 Å². The fourth-order valence-corrected chi connectivity index (χ4v) is 1.81. The summed E-state index contributed by atoms with van der Waals surface area (Å²) in [5, 5.41) is 10.1. The number of urea groups is 1. The second kappa shape index (κ2) is 5.15. The van der Waals surface area contributed by atoms with Crippen molar-refractivity contribution in [3.8, 4) is 0 Å². The van der Waals surface area contributed by atoms with Crippen LogP contribution in [0.4, 0.5) is 4.79 Å². The average molecular weight is 257 g/mol. The van der Waals surface area contributed by atoms with Gasteiger partial charge in [0.15, 0.2) is 0 Å². The highest BCUT2D eigenvalue weighted by atomic mass is 32.2. The predicted octanol–water partition coefficient (Wildman–Crippen LogP) is 0.324. The van der Waals surface area contributed by atoms with Crippen LogP contribution in [0.3, 0.4) is 0 Å². The number of benzene rings is 1. The third-order valence-electron chi connectivity index (χ3n) is 2.28. The lowest BCUT2D eigenvalue weighted by Gasteiger charge is -2.14. The summed E-state index contributed by atoms with van der Waals surface area (Å²) in [5.74, 6) is 0. The van der Waals surface area contributed by atoms with E-state index in [9.17, 15) is 13.2 Å². The van der Waals surface area contributed by atoms with Crippen molar-refractivity contribution >= 4 is 16.1 Å². The molecule has 0 saturated carbocycles. The lowest BCUT2D eigenvalue weighted by molar-refractivity contribution is 0.240. The van der Waals surface area contributed by atoms with Crippen LogP contribution < -0.4 is 15.8 Å². The molecule has 0 fully saturated rings. The standard InChI is InChI=1S/C10H15N3O3S/c1-7(13-10(14)12-2)8-3-5-9(6-4-8)17(11,15)16/h3-7H,1-2H3,(H2,11,15,16)(H2,12,13,14). The number of carbonyl (C=O) groups excluding carboxylic acids is 1. The van der Waals surface area contributed by atoms with E-state index in [0.717, 1.165) is 5.56 Å². The van der Waals surface area contributed by atoms with Crippen LogP contribution >= 0.6 is 0 Å². The highest BCUT2D eigenvalue weighted by molar-refractivity contribution is 7.89. The number of amides is 2. The summed E-state index contributed by atoms with van der Waals surface area (Å²) in [4.78, 5) is 11.1. The van der Waals surface area contributed by atoms with Crippen LogP contribution in [0.25, 0.3) is 0 Å². The monoisotopic (exact) mass is 257 g/mol. The number of primary sulfonamides is 1. The maximum atomic E-state index is 11.1. The van der Waals surface area contributed by atoms with Crippen molar-refractivity contribution < 1.29 is 13.2 Å². The van der Waals surface area contributed by atoms with Crippen LogP contribution in [0, 0.1) is 0 Å². The molecule has 1 aromatic rings. The Morgan fingerprint density at radius 2 is 1.82 bits per heavy atom. The van der Waals surface area contributed by atoms with Crippen molar-refractivity contribution in [2.24, 2.45) is 5.14 Å². The zero-order valence-corrected chi connectivity index (χ0v) is 10.4. The van der Waals surface area contributed by atoms with E-state index >= 15 is 0 Å². The number of rotatable bonds is 3. The first-order valence-corrected chi connectivity index (χ1v) is 6.50. The quantitative estimate of drug-likeness (QED) is 0.727. The summed E-state index contributed by atoms with van der Waals surface area (Å²) in [6, 6.07) is 5.53. The van der Waals surface area contributed by atoms with Gasteiger partial charge in [0, 0.05) is 7.05 Å². The molecule has 0 saturated heterocycles. The second-order valence-corrected chi connectivity index (χ2v) is 5.12. The Morgan fingerprint density at radius 3 is 2.24 bits per heavy atom. The zero-order valence-electron chi connectivity index (χ0n) is 9.60. The molecule has 0 aliphatic rings. The Bertz CT molecular complexity index is 496. The first kappa shape index (κ1) is 13.5. The van der Waals surface area contributed by atoms with Crippen LogP contribution in [0.15, 0.2) is 29.2 Å². The molecule has 4 N–H and O–H groups in total. The fraction of sp³-hybridized carbons (Fsp3) is 0.300. The summed E-state index contributed by atoms with van der Waals surface area (Å²) < 4.78 is 22.1. The van der Waals surface area contributed by atoms with E-state index in [-0.39, 0.29) is 17.0 Å². The van der Waals surface area contributed by atoms with Crippen molar-refractivity contribution in [2.45, 2.75) is 17.9 Å². The molecule has 17 heavy (non-hydrogen) atoms. The summed E-state index contributed by atoms with van der Waals surface area (Å²) >= 11 is 0. The number of nitrogens with two attached hydrogens (primary N) is 1. The van der Waals surface area contributed by atoms with Gasteiger partial charge in [0.2, 0.25) is 10.0 Å². The van der Waals surface area contributed by atoms with Gasteiger partial charge in [0.25, 0.3) is 0 Å². The highest BCUT2D eigenvalue weighted by Gasteiger charge is 2.11. The number of sulfonamides is 1. The lowest BCUT2D eigenvalue weighted by Crippen LogP contribution is -2.34. The Balaban J connectivity index is 2.84. The molecule has 0 heterocycles. The van der Waals surface area contributed by atoms with Gasteiger partial charge in [-0.1, -0.05) is 12.1 Å². The summed E-state index contributed by atoms with van der Waals surface area (Å²) in [6.07, 6.45) is 0. The average Bonchev–Trinajstić information content (AvgIpc) is 2.27. The molecule has 0 aliphatic heterocycles. The maximum Gasteiger partial charge on any atom is 0.315 e. The third kappa shape index (κ3) is 3.72. The first-order valence-electron chi connectivity index (χ1n) is 4.95. The third-order valence-corrected chi connectivity index (χ3v) is 3.21. The number of nitrogens with one attached hydrogen (secondary N) is 2. The molecule has 0 aromatic heterocycles. The summed E-state index contributed by atoms with van der Waals surface area (Å²) in [6.45, 7) is 1.79. The minimum atomic E-state index is -3.67. The minimum Gasteiger partial charge on any atom is -0.341 e. The molecule has 1 unspecified atom stereocenters. The second-order valence-electron chi connectivity index (χ2n) is 3.56. The number of hydrogen-bond acceptors (Lipinski definition) is 3. The molecule has 1 aromatic carbocycles. The predicted molar refractivity (Wildman–Crippen MR) is 63.8 cm³/mol. The van der Waals surface area contributed by atoms with Crippen LogP contribution in [0.5, 0.6) is 0 Å². The van der Waals surface area contributed by atoms with E-state index < -0.39 is 10.0 Å². The van der Waals surface area contributed by atoms with E-state index in [2.05, 4.69) is 10.6 Å². The molecule has 1 atom stereocenters. The SMILES string of the molecule is CNC(=O)NC(C)c1ccc(S(N)(=O)=O)cc1. The molecule has 0 spiro atoms. The molecule has 94 valence electrons. The molecular formula is C10H15N3O3S. The highest BCUT2D eigenvalue weighted by Crippen LogP contribution is 2.15. The van der Waals surface area contributed by atoms with Gasteiger partial charge in [-0.3, -0.25) is 0 Å². The van der Waals surface area contributed by atoms with Gasteiger partial charge in [-0.05, 0) is 24.6 Å². The minimum absolute atomic E-state index is 0.0494. The van der Waals surface area contributed by atoms with Crippen molar-refractivity contribution in [2.75, 3.05) is 7.05 Å². The van der Waals surface area contributed by atoms with Crippen molar-refractivity contribution in [3.05, 3.63) is 29.8 Å². The molecule has 1 rings (SSSR count). The number of carbonyl (C=O) groups is 1. The lowest BCUT2D eigenvalue weighted by atomic mass is 10.1. The molecule has 0 bridgehead atoms. The van der Waals surface area contributed by atoms with E-state index in [1.807, 2.05) is 0 Å². The molecule has 2 amide bonds. The largest absolute Gasteiger partial charge is 0.341 e. The van der Waals surface area contributed by atoms with Crippen LogP contribution in [-0.2, 0) is 10.0 Å². The van der Waals surface area contributed by atoms with Crippen LogP contribution in [-0.4, -0.2) is 21.5 Å². The molecule has 7 heteroatoms. The van der Waals surface area contributed by atoms with Crippen molar-refractivity contribution in [1.29, 1.82) is 0 Å². The van der Waals surface area contributed by atoms with Gasteiger partial charge in [0.05, 0.1) is 10.9 Å². The van der Waals surface area contributed by atoms with Gasteiger partial charge in [-0.15, -0.1) is 0 Å². The smallest absolute Gasteiger partial charge is 0.315 e. The first-order chi connectivity index (χ1) is 7.84. The molecule has 6 nitrogen and oxygen atoms in total. The van der Waals surface area contributed by atoms with E-state index in [1.165, 1.54) is 19.2 Å². The molecule has 0 aliphatic carbocycles. The summed E-state index contributed by atoms with van der Waals surface area (Å²) in [5.41, 5.74) is 0.793. The van der Waals surface area contributed by atoms with Gasteiger partial charge in [0.1, 0.15) is 0 Å². The fourth-order valence-electron chi connectivity index (χ4n) is 1.30.